The maximum atomic E-state index is 12.7. The lowest BCUT2D eigenvalue weighted by Gasteiger charge is -2.17. The Morgan fingerprint density at radius 2 is 2.08 bits per heavy atom. The van der Waals surface area contributed by atoms with E-state index in [2.05, 4.69) is 10.3 Å². The molecule has 1 aliphatic carbocycles. The van der Waals surface area contributed by atoms with E-state index < -0.39 is 0 Å². The lowest BCUT2D eigenvalue weighted by atomic mass is 10.0. The van der Waals surface area contributed by atoms with Gasteiger partial charge in [0, 0.05) is 53.9 Å². The van der Waals surface area contributed by atoms with Crippen LogP contribution in [0, 0.1) is 11.3 Å². The van der Waals surface area contributed by atoms with Crippen molar-refractivity contribution in [3.63, 3.8) is 0 Å². The van der Waals surface area contributed by atoms with Crippen molar-refractivity contribution < 1.29 is 9.59 Å². The molecule has 6 heteroatoms. The first-order chi connectivity index (χ1) is 12.6. The average molecular weight is 370 g/mol. The second-order valence-electron chi connectivity index (χ2n) is 7.18. The number of carbonyl (C=O) groups is 2. The molecule has 26 heavy (non-hydrogen) atoms. The van der Waals surface area contributed by atoms with Crippen LogP contribution < -0.4 is 5.32 Å². The molecule has 1 N–H and O–H groups in total. The molecule has 4 rings (SSSR count). The largest absolute Gasteiger partial charge is 0.352 e. The van der Waals surface area contributed by atoms with Crippen LogP contribution in [0.3, 0.4) is 0 Å². The van der Waals surface area contributed by atoms with Crippen LogP contribution in [-0.4, -0.2) is 34.8 Å². The number of amides is 2. The molecule has 2 heterocycles. The smallest absolute Gasteiger partial charge is 0.253 e. The van der Waals surface area contributed by atoms with E-state index in [0.29, 0.717) is 30.2 Å². The molecular formula is C20H20ClN3O2. The summed E-state index contributed by atoms with van der Waals surface area (Å²) in [4.78, 5) is 31.0. The topological polar surface area (TPSA) is 62.3 Å². The van der Waals surface area contributed by atoms with Crippen LogP contribution >= 0.6 is 11.6 Å². The van der Waals surface area contributed by atoms with Crippen LogP contribution in [0.2, 0.25) is 5.02 Å². The molecule has 2 aliphatic rings. The second kappa shape index (κ2) is 6.72. The van der Waals surface area contributed by atoms with Crippen LogP contribution in [0.1, 0.15) is 28.8 Å². The molecule has 5 nitrogen and oxygen atoms in total. The SMILES string of the molecule is O=C(NCc1ccncc1)[C@H]1C[C@]12CCN(C(=O)c1cccc(Cl)c1)C2. The highest BCUT2D eigenvalue weighted by Gasteiger charge is 2.61. The number of halogens is 1. The molecule has 2 atom stereocenters. The van der Waals surface area contributed by atoms with Gasteiger partial charge in [0.1, 0.15) is 0 Å². The number of nitrogens with one attached hydrogen (secondary N) is 1. The number of hydrogen-bond donors (Lipinski definition) is 1. The summed E-state index contributed by atoms with van der Waals surface area (Å²) in [6.07, 6.45) is 5.17. The molecule has 0 unspecified atom stereocenters. The van der Waals surface area contributed by atoms with E-state index in [0.717, 1.165) is 18.4 Å². The molecule has 1 aromatic carbocycles. The van der Waals surface area contributed by atoms with E-state index >= 15 is 0 Å². The Kier molecular flexibility index (Phi) is 4.41. The van der Waals surface area contributed by atoms with Crippen LogP contribution in [0.25, 0.3) is 0 Å². The van der Waals surface area contributed by atoms with Gasteiger partial charge in [-0.15, -0.1) is 0 Å². The van der Waals surface area contributed by atoms with Crippen LogP contribution in [-0.2, 0) is 11.3 Å². The summed E-state index contributed by atoms with van der Waals surface area (Å²) in [7, 11) is 0. The monoisotopic (exact) mass is 369 g/mol. The summed E-state index contributed by atoms with van der Waals surface area (Å²) in [6.45, 7) is 1.85. The third-order valence-electron chi connectivity index (χ3n) is 5.47. The summed E-state index contributed by atoms with van der Waals surface area (Å²) in [5.41, 5.74) is 1.59. The zero-order chi connectivity index (χ0) is 18.1. The van der Waals surface area contributed by atoms with E-state index in [1.807, 2.05) is 17.0 Å². The van der Waals surface area contributed by atoms with Crippen molar-refractivity contribution in [3.8, 4) is 0 Å². The highest BCUT2D eigenvalue weighted by atomic mass is 35.5. The van der Waals surface area contributed by atoms with Crippen molar-refractivity contribution in [1.29, 1.82) is 0 Å². The summed E-state index contributed by atoms with van der Waals surface area (Å²) in [6, 6.07) is 10.8. The number of nitrogens with zero attached hydrogens (tertiary/aromatic N) is 2. The number of hydrogen-bond acceptors (Lipinski definition) is 3. The van der Waals surface area contributed by atoms with E-state index in [4.69, 9.17) is 11.6 Å². The van der Waals surface area contributed by atoms with Crippen LogP contribution in [0.4, 0.5) is 0 Å². The molecule has 2 amide bonds. The summed E-state index contributed by atoms with van der Waals surface area (Å²) in [5.74, 6) is 0.0765. The van der Waals surface area contributed by atoms with Crippen molar-refractivity contribution in [2.75, 3.05) is 13.1 Å². The lowest BCUT2D eigenvalue weighted by molar-refractivity contribution is -0.123. The summed E-state index contributed by atoms with van der Waals surface area (Å²) >= 11 is 5.99. The minimum Gasteiger partial charge on any atom is -0.352 e. The van der Waals surface area contributed by atoms with Gasteiger partial charge in [-0.25, -0.2) is 0 Å². The number of aromatic nitrogens is 1. The van der Waals surface area contributed by atoms with Gasteiger partial charge in [0.2, 0.25) is 5.91 Å². The van der Waals surface area contributed by atoms with Gasteiger partial charge in [-0.2, -0.15) is 0 Å². The number of pyridine rings is 1. The van der Waals surface area contributed by atoms with Gasteiger partial charge in [0.15, 0.2) is 0 Å². The minimum absolute atomic E-state index is 0.00139. The predicted molar refractivity (Wildman–Crippen MR) is 98.6 cm³/mol. The molecule has 1 saturated carbocycles. The maximum absolute atomic E-state index is 12.7. The second-order valence-corrected chi connectivity index (χ2v) is 7.62. The highest BCUT2D eigenvalue weighted by molar-refractivity contribution is 6.30. The van der Waals surface area contributed by atoms with Crippen LogP contribution in [0.15, 0.2) is 48.8 Å². The Labute approximate surface area is 157 Å². The molecule has 134 valence electrons. The van der Waals surface area contributed by atoms with Gasteiger partial charge in [-0.05, 0) is 48.7 Å². The number of benzene rings is 1. The molecular weight excluding hydrogens is 350 g/mol. The zero-order valence-corrected chi connectivity index (χ0v) is 15.1. The van der Waals surface area contributed by atoms with E-state index in [9.17, 15) is 9.59 Å². The van der Waals surface area contributed by atoms with Crippen molar-refractivity contribution in [2.24, 2.45) is 11.3 Å². The van der Waals surface area contributed by atoms with Crippen LogP contribution in [0.5, 0.6) is 0 Å². The molecule has 1 saturated heterocycles. The standard InChI is InChI=1S/C20H20ClN3O2/c21-16-3-1-2-15(10-16)19(26)24-9-6-20(13-24)11-17(20)18(25)23-12-14-4-7-22-8-5-14/h1-5,7-8,10,17H,6,9,11-13H2,(H,23,25)/t17-,20+/m1/s1. The highest BCUT2D eigenvalue weighted by Crippen LogP contribution is 2.58. The Morgan fingerprint density at radius 3 is 2.85 bits per heavy atom. The lowest BCUT2D eigenvalue weighted by Crippen LogP contribution is -2.31. The Balaban J connectivity index is 1.34. The van der Waals surface area contributed by atoms with Gasteiger partial charge in [-0.1, -0.05) is 17.7 Å². The molecule has 0 bridgehead atoms. The molecule has 1 aliphatic heterocycles. The Bertz CT molecular complexity index is 842. The summed E-state index contributed by atoms with van der Waals surface area (Å²) in [5, 5.41) is 3.57. The summed E-state index contributed by atoms with van der Waals surface area (Å²) < 4.78 is 0. The molecule has 2 fully saturated rings. The molecule has 1 spiro atoms. The van der Waals surface area contributed by atoms with Crippen molar-refractivity contribution in [3.05, 3.63) is 64.9 Å². The molecule has 2 aromatic rings. The Hall–Kier alpha value is -2.40. The van der Waals surface area contributed by atoms with Gasteiger partial charge in [0.25, 0.3) is 5.91 Å². The third-order valence-corrected chi connectivity index (χ3v) is 5.70. The Morgan fingerprint density at radius 1 is 1.27 bits per heavy atom. The van der Waals surface area contributed by atoms with E-state index in [1.54, 1.807) is 36.7 Å². The van der Waals surface area contributed by atoms with Crippen molar-refractivity contribution >= 4 is 23.4 Å². The normalized spacial score (nSPS) is 23.9. The van der Waals surface area contributed by atoms with Gasteiger partial charge >= 0.3 is 0 Å². The first-order valence-electron chi connectivity index (χ1n) is 8.79. The third kappa shape index (κ3) is 3.31. The maximum Gasteiger partial charge on any atom is 0.253 e. The molecule has 1 aromatic heterocycles. The average Bonchev–Trinajstić information content (AvgIpc) is 3.20. The number of rotatable bonds is 4. The predicted octanol–water partition coefficient (Wildman–Crippen LogP) is 2.90. The van der Waals surface area contributed by atoms with Gasteiger partial charge < -0.3 is 10.2 Å². The van der Waals surface area contributed by atoms with Gasteiger partial charge in [-0.3, -0.25) is 14.6 Å². The van der Waals surface area contributed by atoms with E-state index in [-0.39, 0.29) is 23.1 Å². The fourth-order valence-corrected chi connectivity index (χ4v) is 4.05. The fraction of sp³-hybridized carbons (Fsp3) is 0.350. The first kappa shape index (κ1) is 17.0. The number of likely N-dealkylation sites (tertiary alicyclic amines) is 1. The van der Waals surface area contributed by atoms with Crippen molar-refractivity contribution in [1.82, 2.24) is 15.2 Å². The van der Waals surface area contributed by atoms with Gasteiger partial charge in [0.05, 0.1) is 0 Å². The minimum atomic E-state index is -0.0451. The number of carbonyl (C=O) groups excluding carboxylic acids is 2. The zero-order valence-electron chi connectivity index (χ0n) is 14.3. The first-order valence-corrected chi connectivity index (χ1v) is 9.17. The van der Waals surface area contributed by atoms with Crippen molar-refractivity contribution in [2.45, 2.75) is 19.4 Å². The molecule has 0 radical (unpaired) electrons. The van der Waals surface area contributed by atoms with E-state index in [1.165, 1.54) is 0 Å². The fourth-order valence-electron chi connectivity index (χ4n) is 3.86. The quantitative estimate of drug-likeness (QED) is 0.901.